The van der Waals surface area contributed by atoms with Crippen molar-refractivity contribution in [2.45, 2.75) is 38.3 Å². The van der Waals surface area contributed by atoms with Crippen LogP contribution in [0.25, 0.3) is 0 Å². The Morgan fingerprint density at radius 2 is 1.21 bits per heavy atom. The molecule has 28 heavy (non-hydrogen) atoms. The molecule has 0 bridgehead atoms. The monoisotopic (exact) mass is 382 g/mol. The fourth-order valence-corrected chi connectivity index (χ4v) is 2.87. The van der Waals surface area contributed by atoms with E-state index >= 15 is 0 Å². The van der Waals surface area contributed by atoms with Crippen LogP contribution in [0, 0.1) is 0 Å². The summed E-state index contributed by atoms with van der Waals surface area (Å²) < 4.78 is 21.7. The first kappa shape index (κ1) is 20.1. The zero-order valence-electron chi connectivity index (χ0n) is 16.2. The van der Waals surface area contributed by atoms with E-state index in [-0.39, 0.29) is 24.3 Å². The number of hydrogen-bond donors (Lipinski definition) is 0. The summed E-state index contributed by atoms with van der Waals surface area (Å²) in [6.45, 7) is 8.51. The van der Waals surface area contributed by atoms with Crippen molar-refractivity contribution < 1.29 is 23.7 Å². The molecule has 2 heterocycles. The van der Waals surface area contributed by atoms with E-state index in [0.29, 0.717) is 19.0 Å². The maximum Gasteiger partial charge on any atom is 0.335 e. The van der Waals surface area contributed by atoms with E-state index in [1.807, 2.05) is 67.6 Å². The van der Waals surface area contributed by atoms with Crippen LogP contribution in [0.15, 0.2) is 73.0 Å². The van der Waals surface area contributed by atoms with Crippen molar-refractivity contribution in [3.05, 3.63) is 84.1 Å². The summed E-state index contributed by atoms with van der Waals surface area (Å²) in [4.78, 5) is 11.2. The van der Waals surface area contributed by atoms with Crippen LogP contribution in [0.1, 0.15) is 37.2 Å². The lowest BCUT2D eigenvalue weighted by atomic mass is 10.1. The Labute approximate surface area is 165 Å². The number of carbonyl (C=O) groups excluding carboxylic acids is 1. The number of cyclic esters (lactones) is 1. The summed E-state index contributed by atoms with van der Waals surface area (Å²) in [6.07, 6.45) is -0.676. The highest BCUT2D eigenvalue weighted by Crippen LogP contribution is 2.27. The molecule has 2 aliphatic rings. The zero-order chi connectivity index (χ0) is 19.9. The third-order valence-electron chi connectivity index (χ3n) is 4.68. The molecule has 0 unspecified atom stereocenters. The quantitative estimate of drug-likeness (QED) is 0.722. The van der Waals surface area contributed by atoms with Crippen molar-refractivity contribution in [3.63, 3.8) is 0 Å². The Bertz CT molecular complexity index is 707. The maximum atomic E-state index is 11.2. The lowest BCUT2D eigenvalue weighted by Gasteiger charge is -2.30. The van der Waals surface area contributed by atoms with E-state index in [0.717, 1.165) is 11.1 Å². The third-order valence-corrected chi connectivity index (χ3v) is 4.68. The van der Waals surface area contributed by atoms with Crippen LogP contribution in [0.3, 0.4) is 0 Å². The smallest absolute Gasteiger partial charge is 0.335 e. The van der Waals surface area contributed by atoms with E-state index in [1.54, 1.807) is 6.92 Å². The van der Waals surface area contributed by atoms with Gasteiger partial charge in [0.2, 0.25) is 0 Å². The van der Waals surface area contributed by atoms with Gasteiger partial charge in [-0.15, -0.1) is 0 Å². The first-order valence-corrected chi connectivity index (χ1v) is 9.43. The number of hydrogen-bond acceptors (Lipinski definition) is 5. The predicted molar refractivity (Wildman–Crippen MR) is 106 cm³/mol. The maximum absolute atomic E-state index is 11.2. The van der Waals surface area contributed by atoms with Crippen molar-refractivity contribution in [2.24, 2.45) is 0 Å². The van der Waals surface area contributed by atoms with Gasteiger partial charge in [0.25, 0.3) is 0 Å². The van der Waals surface area contributed by atoms with Crippen LogP contribution in [-0.2, 0) is 23.7 Å². The van der Waals surface area contributed by atoms with Crippen molar-refractivity contribution >= 4 is 5.97 Å². The van der Waals surface area contributed by atoms with Crippen LogP contribution < -0.4 is 0 Å². The molecule has 0 aromatic heterocycles. The highest BCUT2D eigenvalue weighted by molar-refractivity contribution is 5.75. The molecule has 2 aromatic carbocycles. The van der Waals surface area contributed by atoms with Crippen molar-refractivity contribution in [2.75, 3.05) is 13.2 Å². The van der Waals surface area contributed by atoms with Gasteiger partial charge in [-0.05, 0) is 25.0 Å². The Kier molecular flexibility index (Phi) is 6.85. The van der Waals surface area contributed by atoms with Crippen LogP contribution in [0.4, 0.5) is 0 Å². The Balaban J connectivity index is 0.000000161. The van der Waals surface area contributed by atoms with Gasteiger partial charge in [0.1, 0.15) is 18.0 Å². The summed E-state index contributed by atoms with van der Waals surface area (Å²) in [7, 11) is 0. The normalized spacial score (nSPS) is 27.1. The first-order valence-electron chi connectivity index (χ1n) is 9.43. The molecule has 0 N–H and O–H groups in total. The van der Waals surface area contributed by atoms with E-state index in [2.05, 4.69) is 6.58 Å². The van der Waals surface area contributed by atoms with Gasteiger partial charge in [-0.2, -0.15) is 0 Å². The van der Waals surface area contributed by atoms with Crippen LogP contribution in [0.2, 0.25) is 0 Å². The zero-order valence-corrected chi connectivity index (χ0v) is 16.2. The van der Waals surface area contributed by atoms with Crippen LogP contribution >= 0.6 is 0 Å². The summed E-state index contributed by atoms with van der Waals surface area (Å²) in [5.41, 5.74) is 2.12. The molecule has 5 nitrogen and oxygen atoms in total. The molecular weight excluding hydrogens is 356 g/mol. The average molecular weight is 382 g/mol. The molecule has 2 saturated heterocycles. The second kappa shape index (κ2) is 9.53. The minimum Gasteiger partial charge on any atom is -0.486 e. The third kappa shape index (κ3) is 5.21. The molecule has 4 rings (SSSR count). The highest BCUT2D eigenvalue weighted by atomic mass is 16.6. The second-order valence-electron chi connectivity index (χ2n) is 6.77. The molecule has 0 spiro atoms. The van der Waals surface area contributed by atoms with Gasteiger partial charge in [-0.25, -0.2) is 4.79 Å². The summed E-state index contributed by atoms with van der Waals surface area (Å²) in [5.74, 6) is 0.426. The SMILES string of the molecule is C=C1O[C@@H](c2ccccc2)CO[C@H]1C.C[C@@H]1OC[C@@H](c2ccccc2)OC1=O. The van der Waals surface area contributed by atoms with Gasteiger partial charge in [0.15, 0.2) is 12.2 Å². The molecule has 5 heteroatoms. The summed E-state index contributed by atoms with van der Waals surface area (Å²) in [5, 5.41) is 0. The molecule has 4 atom stereocenters. The van der Waals surface area contributed by atoms with Gasteiger partial charge in [0, 0.05) is 0 Å². The minimum atomic E-state index is -0.435. The molecular formula is C23H26O5. The minimum absolute atomic E-state index is 0.0000926. The molecule has 2 aliphatic heterocycles. The van der Waals surface area contributed by atoms with E-state index in [1.165, 1.54) is 0 Å². The molecule has 0 amide bonds. The lowest BCUT2D eigenvalue weighted by Crippen LogP contribution is -2.33. The molecule has 148 valence electrons. The Morgan fingerprint density at radius 3 is 1.68 bits per heavy atom. The van der Waals surface area contributed by atoms with Gasteiger partial charge in [-0.1, -0.05) is 67.2 Å². The van der Waals surface area contributed by atoms with Crippen LogP contribution in [0.5, 0.6) is 0 Å². The average Bonchev–Trinajstić information content (AvgIpc) is 2.74. The second-order valence-corrected chi connectivity index (χ2v) is 6.77. The topological polar surface area (TPSA) is 54.0 Å². The number of carbonyl (C=O) groups is 1. The summed E-state index contributed by atoms with van der Waals surface area (Å²) in [6, 6.07) is 19.7. The Hall–Kier alpha value is -2.63. The fraction of sp³-hybridized carbons (Fsp3) is 0.348. The number of esters is 1. The molecule has 2 aromatic rings. The van der Waals surface area contributed by atoms with E-state index in [9.17, 15) is 4.79 Å². The molecule has 0 radical (unpaired) electrons. The van der Waals surface area contributed by atoms with Crippen molar-refractivity contribution in [1.82, 2.24) is 0 Å². The highest BCUT2D eigenvalue weighted by Gasteiger charge is 2.28. The molecule has 2 fully saturated rings. The molecule has 0 saturated carbocycles. The number of ether oxygens (including phenoxy) is 4. The summed E-state index contributed by atoms with van der Waals surface area (Å²) >= 11 is 0. The predicted octanol–water partition coefficient (Wildman–Crippen LogP) is 4.37. The van der Waals surface area contributed by atoms with E-state index < -0.39 is 6.10 Å². The number of benzene rings is 2. The molecule has 0 aliphatic carbocycles. The fourth-order valence-electron chi connectivity index (χ4n) is 2.87. The first-order chi connectivity index (χ1) is 13.5. The van der Waals surface area contributed by atoms with Gasteiger partial charge < -0.3 is 18.9 Å². The lowest BCUT2D eigenvalue weighted by molar-refractivity contribution is -0.182. The van der Waals surface area contributed by atoms with Gasteiger partial charge >= 0.3 is 5.97 Å². The van der Waals surface area contributed by atoms with Gasteiger partial charge in [0.05, 0.1) is 13.2 Å². The van der Waals surface area contributed by atoms with Gasteiger partial charge in [-0.3, -0.25) is 0 Å². The van der Waals surface area contributed by atoms with E-state index in [4.69, 9.17) is 18.9 Å². The Morgan fingerprint density at radius 1 is 0.750 bits per heavy atom. The number of rotatable bonds is 2. The largest absolute Gasteiger partial charge is 0.486 e. The standard InChI is InChI=1S/C12H14O2.C11H12O3/c1-9-10(2)14-12(8-13-9)11-6-4-3-5-7-11;1-8-11(12)14-10(7-13-8)9-5-3-2-4-6-9/h3-7,9,12H,2,8H2,1H3;2-6,8,10H,7H2,1H3/t9-,12+;8-,10-/m00/s1. The van der Waals surface area contributed by atoms with Crippen molar-refractivity contribution in [1.29, 1.82) is 0 Å². The van der Waals surface area contributed by atoms with Crippen LogP contribution in [-0.4, -0.2) is 31.4 Å². The van der Waals surface area contributed by atoms with Crippen molar-refractivity contribution in [3.8, 4) is 0 Å².